The lowest BCUT2D eigenvalue weighted by Gasteiger charge is -2.18. The van der Waals surface area contributed by atoms with Gasteiger partial charge in [-0.2, -0.15) is 0 Å². The predicted molar refractivity (Wildman–Crippen MR) is 115 cm³/mol. The number of ether oxygens (including phenoxy) is 1. The summed E-state index contributed by atoms with van der Waals surface area (Å²) < 4.78 is 43.5. The van der Waals surface area contributed by atoms with Crippen LogP contribution >= 0.6 is 0 Å². The van der Waals surface area contributed by atoms with Crippen LogP contribution in [0.1, 0.15) is 34.6 Å². The Morgan fingerprint density at radius 1 is 1.12 bits per heavy atom. The van der Waals surface area contributed by atoms with Crippen LogP contribution < -0.4 is 10.7 Å². The maximum absolute atomic E-state index is 14.3. The van der Waals surface area contributed by atoms with E-state index in [0.29, 0.717) is 16.6 Å². The van der Waals surface area contributed by atoms with Gasteiger partial charge in [-0.25, -0.2) is 13.6 Å². The zero-order valence-electron chi connectivity index (χ0n) is 17.5. The highest BCUT2D eigenvalue weighted by atomic mass is 19.1. The maximum atomic E-state index is 14.3. The minimum atomic E-state index is -0.839. The molecule has 32 heavy (non-hydrogen) atoms. The van der Waals surface area contributed by atoms with E-state index in [2.05, 4.69) is 5.32 Å². The average Bonchev–Trinajstić information content (AvgIpc) is 3.21. The van der Waals surface area contributed by atoms with E-state index in [1.165, 1.54) is 25.5 Å². The lowest BCUT2D eigenvalue weighted by molar-refractivity contribution is 0.0566. The summed E-state index contributed by atoms with van der Waals surface area (Å²) in [4.78, 5) is 24.7. The van der Waals surface area contributed by atoms with Crippen molar-refractivity contribution in [1.29, 1.82) is 0 Å². The first-order valence-corrected chi connectivity index (χ1v) is 9.74. The minimum absolute atomic E-state index is 0.00633. The molecule has 4 aromatic rings. The quantitative estimate of drug-likeness (QED) is 0.408. The number of carbonyl (C=O) groups is 1. The number of hydrogen-bond donors (Lipinski definition) is 1. The molecule has 4 rings (SSSR count). The van der Waals surface area contributed by atoms with Crippen molar-refractivity contribution in [3.63, 3.8) is 0 Å². The maximum Gasteiger partial charge on any atom is 0.376 e. The van der Waals surface area contributed by atoms with Crippen LogP contribution in [0.15, 0.2) is 62.4 Å². The molecule has 0 fully saturated rings. The topological polar surface area (TPSA) is 81.7 Å². The van der Waals surface area contributed by atoms with Crippen molar-refractivity contribution in [1.82, 2.24) is 0 Å². The van der Waals surface area contributed by atoms with Crippen LogP contribution in [0.4, 0.5) is 14.5 Å². The number of halogens is 2. The van der Waals surface area contributed by atoms with Crippen molar-refractivity contribution < 1.29 is 27.1 Å². The SMILES string of the molecule is COC(=O)c1occc1N[C@H](C)c1cc(C)cc2c(=O)cc(-c3ccc(F)cc3F)oc12. The summed E-state index contributed by atoms with van der Waals surface area (Å²) in [6.07, 6.45) is 1.35. The number of esters is 1. The third-order valence-electron chi connectivity index (χ3n) is 5.07. The summed E-state index contributed by atoms with van der Waals surface area (Å²) in [5.74, 6) is -2.22. The number of aryl methyl sites for hydroxylation is 1. The molecule has 2 heterocycles. The molecule has 0 saturated carbocycles. The van der Waals surface area contributed by atoms with Gasteiger partial charge in [-0.15, -0.1) is 0 Å². The van der Waals surface area contributed by atoms with Gasteiger partial charge in [-0.1, -0.05) is 6.07 Å². The van der Waals surface area contributed by atoms with E-state index in [0.717, 1.165) is 17.7 Å². The van der Waals surface area contributed by atoms with Crippen LogP contribution in [0, 0.1) is 18.6 Å². The van der Waals surface area contributed by atoms with Gasteiger partial charge in [0, 0.05) is 23.8 Å². The molecule has 1 N–H and O–H groups in total. The van der Waals surface area contributed by atoms with E-state index in [9.17, 15) is 18.4 Å². The van der Waals surface area contributed by atoms with Crippen LogP contribution in [0.3, 0.4) is 0 Å². The van der Waals surface area contributed by atoms with Crippen molar-refractivity contribution in [2.75, 3.05) is 12.4 Å². The Morgan fingerprint density at radius 3 is 2.62 bits per heavy atom. The molecule has 2 aromatic heterocycles. The number of hydrogen-bond acceptors (Lipinski definition) is 6. The second-order valence-electron chi connectivity index (χ2n) is 7.35. The van der Waals surface area contributed by atoms with E-state index in [1.54, 1.807) is 12.1 Å². The van der Waals surface area contributed by atoms with E-state index in [1.807, 2.05) is 19.9 Å². The van der Waals surface area contributed by atoms with Crippen LogP contribution in [0.2, 0.25) is 0 Å². The summed E-state index contributed by atoms with van der Waals surface area (Å²) in [7, 11) is 1.25. The molecular formula is C24H19F2NO5. The van der Waals surface area contributed by atoms with Gasteiger partial charge in [0.05, 0.1) is 36.1 Å². The molecule has 0 unspecified atom stereocenters. The number of fused-ring (bicyclic) bond motifs is 1. The van der Waals surface area contributed by atoms with Crippen LogP contribution in [-0.2, 0) is 4.74 Å². The van der Waals surface area contributed by atoms with Gasteiger partial charge in [0.2, 0.25) is 5.76 Å². The van der Waals surface area contributed by atoms with E-state index in [-0.39, 0.29) is 28.1 Å². The molecule has 0 aliphatic heterocycles. The van der Waals surface area contributed by atoms with Crippen LogP contribution in [-0.4, -0.2) is 13.1 Å². The van der Waals surface area contributed by atoms with Gasteiger partial charge in [0.1, 0.15) is 23.0 Å². The Hall–Kier alpha value is -3.94. The molecule has 164 valence electrons. The second kappa shape index (κ2) is 8.30. The van der Waals surface area contributed by atoms with Crippen molar-refractivity contribution >= 4 is 22.6 Å². The summed E-state index contributed by atoms with van der Waals surface area (Å²) >= 11 is 0. The summed E-state index contributed by atoms with van der Waals surface area (Å²) in [6, 6.07) is 8.88. The van der Waals surface area contributed by atoms with E-state index >= 15 is 0 Å². The predicted octanol–water partition coefficient (Wildman–Crippen LogP) is 5.60. The fraction of sp³-hybridized carbons (Fsp3) is 0.167. The van der Waals surface area contributed by atoms with E-state index < -0.39 is 23.6 Å². The first-order valence-electron chi connectivity index (χ1n) is 9.74. The molecule has 8 heteroatoms. The Morgan fingerprint density at radius 2 is 1.91 bits per heavy atom. The molecule has 0 spiro atoms. The summed E-state index contributed by atoms with van der Waals surface area (Å²) in [5, 5.41) is 3.48. The molecular weight excluding hydrogens is 420 g/mol. The van der Waals surface area contributed by atoms with Crippen LogP contribution in [0.5, 0.6) is 0 Å². The number of rotatable bonds is 5. The van der Waals surface area contributed by atoms with Gasteiger partial charge in [-0.05, 0) is 37.6 Å². The molecule has 0 amide bonds. The van der Waals surface area contributed by atoms with Gasteiger partial charge in [0.25, 0.3) is 0 Å². The Balaban J connectivity index is 1.84. The molecule has 2 aromatic carbocycles. The van der Waals surface area contributed by atoms with Crippen molar-refractivity contribution in [3.8, 4) is 11.3 Å². The Bertz CT molecular complexity index is 1390. The fourth-order valence-electron chi connectivity index (χ4n) is 3.56. The number of anilines is 1. The highest BCUT2D eigenvalue weighted by molar-refractivity contribution is 5.92. The zero-order chi connectivity index (χ0) is 23.0. The van der Waals surface area contributed by atoms with Crippen LogP contribution in [0.25, 0.3) is 22.3 Å². The van der Waals surface area contributed by atoms with Gasteiger partial charge in [-0.3, -0.25) is 4.79 Å². The molecule has 0 saturated heterocycles. The third kappa shape index (κ3) is 3.87. The highest BCUT2D eigenvalue weighted by Gasteiger charge is 2.21. The van der Waals surface area contributed by atoms with Crippen molar-refractivity contribution in [2.24, 2.45) is 0 Å². The first-order chi connectivity index (χ1) is 15.3. The molecule has 0 bridgehead atoms. The lowest BCUT2D eigenvalue weighted by atomic mass is 10.0. The molecule has 1 atom stereocenters. The smallest absolute Gasteiger partial charge is 0.376 e. The average molecular weight is 439 g/mol. The first kappa shape index (κ1) is 21.3. The second-order valence-corrected chi connectivity index (χ2v) is 7.35. The monoisotopic (exact) mass is 439 g/mol. The lowest BCUT2D eigenvalue weighted by Crippen LogP contribution is -2.12. The number of carbonyl (C=O) groups excluding carboxylic acids is 1. The largest absolute Gasteiger partial charge is 0.463 e. The van der Waals surface area contributed by atoms with Gasteiger partial charge >= 0.3 is 5.97 Å². The molecule has 0 aliphatic rings. The molecule has 6 nitrogen and oxygen atoms in total. The van der Waals surface area contributed by atoms with E-state index in [4.69, 9.17) is 13.6 Å². The normalized spacial score (nSPS) is 12.0. The number of nitrogens with one attached hydrogen (secondary N) is 1. The number of benzene rings is 2. The standard InChI is InChI=1S/C24H19F2NO5/c1-12-8-16(13(2)27-19-6-7-31-23(19)24(29)30-3)22-17(9-12)20(28)11-21(32-22)15-5-4-14(25)10-18(15)26/h4-11,13,27H,1-3H3/t13-/m1/s1. The van der Waals surface area contributed by atoms with Gasteiger partial charge in [0.15, 0.2) is 5.43 Å². The summed E-state index contributed by atoms with van der Waals surface area (Å²) in [6.45, 7) is 3.65. The molecule has 0 aliphatic carbocycles. The minimum Gasteiger partial charge on any atom is -0.463 e. The van der Waals surface area contributed by atoms with Crippen molar-refractivity contribution in [2.45, 2.75) is 19.9 Å². The summed E-state index contributed by atoms with van der Waals surface area (Å²) in [5.41, 5.74) is 1.70. The number of furan rings is 1. The fourth-order valence-corrected chi connectivity index (χ4v) is 3.56. The Kier molecular flexibility index (Phi) is 5.52. The van der Waals surface area contributed by atoms with Gasteiger partial charge < -0.3 is 18.9 Å². The number of methoxy groups -OCH3 is 1. The molecule has 0 radical (unpaired) electrons. The Labute approximate surface area is 181 Å². The highest BCUT2D eigenvalue weighted by Crippen LogP contribution is 2.32. The zero-order valence-corrected chi connectivity index (χ0v) is 17.5. The van der Waals surface area contributed by atoms with Crippen molar-refractivity contribution in [3.05, 3.63) is 87.5 Å². The third-order valence-corrected chi connectivity index (χ3v) is 5.07.